The Labute approximate surface area is 146 Å². The number of para-hydroxylation sites is 1. The fourth-order valence-corrected chi connectivity index (χ4v) is 2.99. The third-order valence-corrected chi connectivity index (χ3v) is 4.32. The van der Waals surface area contributed by atoms with Gasteiger partial charge in [-0.15, -0.1) is 0 Å². The molecule has 0 aliphatic carbocycles. The molecule has 1 aliphatic rings. The molecule has 6 heteroatoms. The summed E-state index contributed by atoms with van der Waals surface area (Å²) in [5.41, 5.74) is 2.23. The van der Waals surface area contributed by atoms with E-state index in [-0.39, 0.29) is 11.6 Å². The van der Waals surface area contributed by atoms with E-state index in [1.54, 1.807) is 24.3 Å². The molecular formula is C19H21F2N3O. The van der Waals surface area contributed by atoms with Gasteiger partial charge in [0.1, 0.15) is 24.5 Å². The number of nitrogens with zero attached hydrogens (tertiary/aromatic N) is 3. The van der Waals surface area contributed by atoms with Gasteiger partial charge in [0.05, 0.1) is 5.69 Å². The van der Waals surface area contributed by atoms with E-state index in [0.29, 0.717) is 12.2 Å². The Hall–Kier alpha value is -2.47. The summed E-state index contributed by atoms with van der Waals surface area (Å²) >= 11 is 0. The monoisotopic (exact) mass is 345 g/mol. The Morgan fingerprint density at radius 1 is 1.00 bits per heavy atom. The van der Waals surface area contributed by atoms with Crippen LogP contribution >= 0.6 is 0 Å². The van der Waals surface area contributed by atoms with Gasteiger partial charge in [0.15, 0.2) is 0 Å². The minimum atomic E-state index is -0.279. The second-order valence-corrected chi connectivity index (χ2v) is 5.94. The number of anilines is 1. The van der Waals surface area contributed by atoms with E-state index in [1.807, 2.05) is 6.07 Å². The molecule has 132 valence electrons. The van der Waals surface area contributed by atoms with E-state index in [0.717, 1.165) is 37.5 Å². The zero-order chi connectivity index (χ0) is 17.6. The molecule has 1 heterocycles. The van der Waals surface area contributed by atoms with E-state index in [9.17, 15) is 8.78 Å². The molecule has 0 aromatic heterocycles. The maximum absolute atomic E-state index is 13.9. The van der Waals surface area contributed by atoms with Gasteiger partial charge in [-0.05, 0) is 24.3 Å². The van der Waals surface area contributed by atoms with Gasteiger partial charge in [-0.2, -0.15) is 0 Å². The number of hydrogen-bond acceptors (Lipinski definition) is 4. The zero-order valence-corrected chi connectivity index (χ0v) is 14.2. The van der Waals surface area contributed by atoms with Gasteiger partial charge < -0.3 is 9.74 Å². The van der Waals surface area contributed by atoms with Crippen molar-refractivity contribution >= 4 is 11.4 Å². The van der Waals surface area contributed by atoms with Gasteiger partial charge in [-0.25, -0.2) is 8.78 Å². The van der Waals surface area contributed by atoms with E-state index in [1.165, 1.54) is 25.3 Å². The maximum Gasteiger partial charge on any atom is 0.146 e. The molecule has 0 spiro atoms. The highest BCUT2D eigenvalue weighted by atomic mass is 19.1. The molecule has 1 saturated heterocycles. The van der Waals surface area contributed by atoms with Crippen molar-refractivity contribution in [1.82, 2.24) is 4.90 Å². The normalized spacial score (nSPS) is 16.1. The van der Waals surface area contributed by atoms with Crippen LogP contribution in [-0.4, -0.2) is 50.4 Å². The van der Waals surface area contributed by atoms with Crippen molar-refractivity contribution in [2.45, 2.75) is 0 Å². The Bertz CT molecular complexity index is 726. The van der Waals surface area contributed by atoms with Gasteiger partial charge in [-0.1, -0.05) is 29.4 Å². The molecule has 2 aromatic rings. The lowest BCUT2D eigenvalue weighted by molar-refractivity contribution is 0.209. The van der Waals surface area contributed by atoms with Crippen LogP contribution in [-0.2, 0) is 4.84 Å². The van der Waals surface area contributed by atoms with E-state index in [4.69, 9.17) is 4.84 Å². The topological polar surface area (TPSA) is 28.1 Å². The summed E-state index contributed by atoms with van der Waals surface area (Å²) in [5, 5.41) is 4.09. The summed E-state index contributed by atoms with van der Waals surface area (Å²) in [6, 6.07) is 13.1. The largest absolute Gasteiger partial charge is 0.399 e. The number of hydrogen-bond donors (Lipinski definition) is 0. The molecule has 1 aliphatic heterocycles. The maximum atomic E-state index is 13.9. The highest BCUT2D eigenvalue weighted by molar-refractivity contribution is 6.01. The third-order valence-electron chi connectivity index (χ3n) is 4.32. The van der Waals surface area contributed by atoms with Crippen LogP contribution in [0.25, 0.3) is 0 Å². The van der Waals surface area contributed by atoms with Crippen molar-refractivity contribution in [3.8, 4) is 0 Å². The van der Waals surface area contributed by atoms with Crippen LogP contribution in [0, 0.1) is 11.6 Å². The molecule has 25 heavy (non-hydrogen) atoms. The summed E-state index contributed by atoms with van der Waals surface area (Å²) < 4.78 is 27.0. The molecule has 3 rings (SSSR count). The SMILES string of the molecule is CON=C(CN1CCN(c2ccccc2F)CC1)c1ccc(F)cc1. The van der Waals surface area contributed by atoms with Gasteiger partial charge in [0.2, 0.25) is 0 Å². The van der Waals surface area contributed by atoms with Gasteiger partial charge >= 0.3 is 0 Å². The smallest absolute Gasteiger partial charge is 0.146 e. The first-order valence-electron chi connectivity index (χ1n) is 8.25. The molecule has 1 fully saturated rings. The van der Waals surface area contributed by atoms with Gasteiger partial charge in [-0.3, -0.25) is 4.90 Å². The molecule has 0 radical (unpaired) electrons. The van der Waals surface area contributed by atoms with E-state index < -0.39 is 0 Å². The highest BCUT2D eigenvalue weighted by Crippen LogP contribution is 2.20. The van der Waals surface area contributed by atoms with Crippen molar-refractivity contribution in [3.63, 3.8) is 0 Å². The Kier molecular flexibility index (Phi) is 5.60. The lowest BCUT2D eigenvalue weighted by Gasteiger charge is -2.36. The molecule has 0 amide bonds. The third kappa shape index (κ3) is 4.33. The van der Waals surface area contributed by atoms with Gasteiger partial charge in [0.25, 0.3) is 0 Å². The Morgan fingerprint density at radius 3 is 2.32 bits per heavy atom. The Morgan fingerprint density at radius 2 is 1.68 bits per heavy atom. The van der Waals surface area contributed by atoms with Crippen LogP contribution < -0.4 is 4.90 Å². The average Bonchev–Trinajstić information content (AvgIpc) is 2.63. The molecule has 0 atom stereocenters. The molecular weight excluding hydrogens is 324 g/mol. The molecule has 0 bridgehead atoms. The quantitative estimate of drug-likeness (QED) is 0.616. The number of halogens is 2. The second kappa shape index (κ2) is 8.07. The summed E-state index contributed by atoms with van der Waals surface area (Å²) in [5.74, 6) is -0.470. The summed E-state index contributed by atoms with van der Waals surface area (Å²) in [6.07, 6.45) is 0. The van der Waals surface area contributed by atoms with Crippen LogP contribution in [0.4, 0.5) is 14.5 Å². The standard InChI is InChI=1S/C19H21F2N3O/c1-25-22-18(15-6-8-16(20)9-7-15)14-23-10-12-24(13-11-23)19-5-3-2-4-17(19)21/h2-9H,10-14H2,1H3. The van der Waals surface area contributed by atoms with Crippen molar-refractivity contribution in [1.29, 1.82) is 0 Å². The zero-order valence-electron chi connectivity index (χ0n) is 14.2. The van der Waals surface area contributed by atoms with Crippen LogP contribution in [0.3, 0.4) is 0 Å². The number of rotatable bonds is 5. The number of piperazine rings is 1. The highest BCUT2D eigenvalue weighted by Gasteiger charge is 2.21. The van der Waals surface area contributed by atoms with E-state index >= 15 is 0 Å². The molecule has 0 saturated carbocycles. The predicted molar refractivity (Wildman–Crippen MR) is 95.0 cm³/mol. The minimum absolute atomic E-state index is 0.191. The van der Waals surface area contributed by atoms with Crippen LogP contribution in [0.5, 0.6) is 0 Å². The van der Waals surface area contributed by atoms with Crippen LogP contribution in [0.15, 0.2) is 53.7 Å². The molecule has 4 nitrogen and oxygen atoms in total. The fraction of sp³-hybridized carbons (Fsp3) is 0.316. The van der Waals surface area contributed by atoms with Gasteiger partial charge in [0, 0.05) is 38.3 Å². The van der Waals surface area contributed by atoms with Crippen molar-refractivity contribution in [3.05, 3.63) is 65.7 Å². The average molecular weight is 345 g/mol. The lowest BCUT2D eigenvalue weighted by atomic mass is 10.1. The first-order valence-corrected chi connectivity index (χ1v) is 8.25. The summed E-state index contributed by atoms with van der Waals surface area (Å²) in [4.78, 5) is 9.23. The lowest BCUT2D eigenvalue weighted by Crippen LogP contribution is -2.48. The fourth-order valence-electron chi connectivity index (χ4n) is 2.99. The van der Waals surface area contributed by atoms with Crippen LogP contribution in [0.1, 0.15) is 5.56 Å². The summed E-state index contributed by atoms with van der Waals surface area (Å²) in [7, 11) is 1.50. The first-order chi connectivity index (χ1) is 12.2. The summed E-state index contributed by atoms with van der Waals surface area (Å²) in [6.45, 7) is 3.66. The second-order valence-electron chi connectivity index (χ2n) is 5.94. The van der Waals surface area contributed by atoms with Crippen LogP contribution in [0.2, 0.25) is 0 Å². The predicted octanol–water partition coefficient (Wildman–Crippen LogP) is 3.14. The van der Waals surface area contributed by atoms with Crippen molar-refractivity contribution in [2.24, 2.45) is 5.16 Å². The molecule has 2 aromatic carbocycles. The number of benzene rings is 2. The molecule has 0 unspecified atom stereocenters. The van der Waals surface area contributed by atoms with Crippen molar-refractivity contribution in [2.75, 3.05) is 44.7 Å². The van der Waals surface area contributed by atoms with Crippen molar-refractivity contribution < 1.29 is 13.6 Å². The number of oxime groups is 1. The minimum Gasteiger partial charge on any atom is -0.399 e. The Balaban J connectivity index is 1.63. The first kappa shape index (κ1) is 17.4. The van der Waals surface area contributed by atoms with E-state index in [2.05, 4.69) is 15.0 Å². The molecule has 0 N–H and O–H groups in total.